The quantitative estimate of drug-likeness (QED) is 0.711. The molecule has 0 atom stereocenters. The molecule has 0 aliphatic carbocycles. The third-order valence-electron chi connectivity index (χ3n) is 0.558. The maximum absolute atomic E-state index is 10.6. The molecule has 0 unspecified atom stereocenters. The van der Waals surface area contributed by atoms with Gasteiger partial charge in [0.15, 0.2) is 9.67 Å². The maximum atomic E-state index is 10.6. The van der Waals surface area contributed by atoms with Crippen LogP contribution in [-0.4, -0.2) is 19.9 Å². The van der Waals surface area contributed by atoms with E-state index in [9.17, 15) is 9.59 Å². The first kappa shape index (κ1) is 11.8. The zero-order chi connectivity index (χ0) is 9.02. The molecule has 0 rings (SSSR count). The minimum Gasteiger partial charge on any atom is -0.284 e. The Bertz CT molecular complexity index is 151. The molecular formula is C4H2Cl4O2S. The van der Waals surface area contributed by atoms with Crippen molar-refractivity contribution < 1.29 is 9.59 Å². The molecule has 0 bridgehead atoms. The molecular weight excluding hydrogens is 254 g/mol. The Morgan fingerprint density at radius 2 is 1.18 bits per heavy atom. The average molecular weight is 256 g/mol. The lowest BCUT2D eigenvalue weighted by Crippen LogP contribution is -2.10. The Labute approximate surface area is 87.5 Å². The number of alkyl halides is 4. The third kappa shape index (κ3) is 5.15. The summed E-state index contributed by atoms with van der Waals surface area (Å²) in [6, 6.07) is 0. The molecule has 0 aromatic heterocycles. The molecule has 0 aliphatic rings. The van der Waals surface area contributed by atoms with Crippen LogP contribution in [-0.2, 0) is 9.59 Å². The highest BCUT2D eigenvalue weighted by molar-refractivity contribution is 8.26. The first-order valence-electron chi connectivity index (χ1n) is 2.27. The molecule has 64 valence electrons. The molecule has 0 radical (unpaired) electrons. The van der Waals surface area contributed by atoms with Crippen LogP contribution in [0, 0.1) is 0 Å². The van der Waals surface area contributed by atoms with E-state index >= 15 is 0 Å². The zero-order valence-corrected chi connectivity index (χ0v) is 8.73. The Kier molecular flexibility index (Phi) is 5.91. The van der Waals surface area contributed by atoms with E-state index in [-0.39, 0.29) is 0 Å². The van der Waals surface area contributed by atoms with Gasteiger partial charge in [0.2, 0.25) is 10.2 Å². The minimum atomic E-state index is -1.23. The first-order valence-corrected chi connectivity index (χ1v) is 4.83. The molecule has 0 heterocycles. The average Bonchev–Trinajstić information content (AvgIpc) is 1.87. The van der Waals surface area contributed by atoms with E-state index in [2.05, 4.69) is 0 Å². The van der Waals surface area contributed by atoms with Crippen LogP contribution in [0.25, 0.3) is 0 Å². The summed E-state index contributed by atoms with van der Waals surface area (Å²) < 4.78 is 0. The van der Waals surface area contributed by atoms with Gasteiger partial charge in [-0.05, 0) is 11.8 Å². The van der Waals surface area contributed by atoms with Crippen molar-refractivity contribution in [3.63, 3.8) is 0 Å². The minimum absolute atomic E-state index is 0.310. The van der Waals surface area contributed by atoms with Crippen LogP contribution >= 0.6 is 58.2 Å². The van der Waals surface area contributed by atoms with Crippen LogP contribution in [0.15, 0.2) is 0 Å². The van der Waals surface area contributed by atoms with Crippen molar-refractivity contribution in [3.05, 3.63) is 0 Å². The molecule has 0 amide bonds. The molecule has 0 aromatic carbocycles. The van der Waals surface area contributed by atoms with Crippen molar-refractivity contribution in [1.82, 2.24) is 0 Å². The standard InChI is InChI=1S/C4H2Cl4O2S/c5-1(6)3(9)11-4(10)2(7)8/h1-2H. The van der Waals surface area contributed by atoms with Gasteiger partial charge >= 0.3 is 0 Å². The summed E-state index contributed by atoms with van der Waals surface area (Å²) in [6.45, 7) is 0. The largest absolute Gasteiger partial charge is 0.284 e. The fourth-order valence-corrected chi connectivity index (χ4v) is 1.10. The van der Waals surface area contributed by atoms with E-state index in [0.717, 1.165) is 0 Å². The van der Waals surface area contributed by atoms with Crippen LogP contribution in [0.4, 0.5) is 0 Å². The molecule has 0 fully saturated rings. The summed E-state index contributed by atoms with van der Waals surface area (Å²) >= 11 is 20.8. The number of thioether (sulfide) groups is 1. The molecule has 11 heavy (non-hydrogen) atoms. The summed E-state index contributed by atoms with van der Waals surface area (Å²) in [5.41, 5.74) is 0. The van der Waals surface area contributed by atoms with E-state index in [1.165, 1.54) is 0 Å². The van der Waals surface area contributed by atoms with Gasteiger partial charge in [-0.1, -0.05) is 46.4 Å². The van der Waals surface area contributed by atoms with Crippen molar-refractivity contribution >= 4 is 68.4 Å². The Morgan fingerprint density at radius 3 is 1.36 bits per heavy atom. The summed E-state index contributed by atoms with van der Waals surface area (Å²) in [7, 11) is 0. The fourth-order valence-electron chi connectivity index (χ4n) is 0.188. The Balaban J connectivity index is 3.86. The van der Waals surface area contributed by atoms with Crippen molar-refractivity contribution in [3.8, 4) is 0 Å². The second-order valence-electron chi connectivity index (χ2n) is 1.34. The molecule has 7 heteroatoms. The van der Waals surface area contributed by atoms with E-state index in [4.69, 9.17) is 46.4 Å². The fraction of sp³-hybridized carbons (Fsp3) is 0.500. The van der Waals surface area contributed by atoms with Crippen molar-refractivity contribution in [2.24, 2.45) is 0 Å². The molecule has 0 aromatic rings. The maximum Gasteiger partial charge on any atom is 0.229 e. The molecule has 2 nitrogen and oxygen atoms in total. The van der Waals surface area contributed by atoms with E-state index in [1.54, 1.807) is 0 Å². The lowest BCUT2D eigenvalue weighted by molar-refractivity contribution is -0.111. The molecule has 0 spiro atoms. The van der Waals surface area contributed by atoms with Gasteiger partial charge in [0.05, 0.1) is 0 Å². The van der Waals surface area contributed by atoms with Crippen LogP contribution < -0.4 is 0 Å². The van der Waals surface area contributed by atoms with E-state index in [0.29, 0.717) is 11.8 Å². The third-order valence-corrected chi connectivity index (χ3v) is 2.74. The van der Waals surface area contributed by atoms with Gasteiger partial charge in [-0.25, -0.2) is 0 Å². The van der Waals surface area contributed by atoms with Gasteiger partial charge in [-0.15, -0.1) is 0 Å². The summed E-state index contributed by atoms with van der Waals surface area (Å²) in [6.07, 6.45) is 0. The Morgan fingerprint density at radius 1 is 0.909 bits per heavy atom. The smallest absolute Gasteiger partial charge is 0.229 e. The number of carbonyl (C=O) groups is 2. The molecule has 0 saturated carbocycles. The van der Waals surface area contributed by atoms with Crippen LogP contribution in [0.3, 0.4) is 0 Å². The van der Waals surface area contributed by atoms with Gasteiger partial charge in [-0.2, -0.15) is 0 Å². The molecule has 0 saturated heterocycles. The predicted octanol–water partition coefficient (Wildman–Crippen LogP) is 2.38. The second kappa shape index (κ2) is 5.49. The number of rotatable bonds is 2. The zero-order valence-electron chi connectivity index (χ0n) is 4.89. The topological polar surface area (TPSA) is 34.1 Å². The van der Waals surface area contributed by atoms with E-state index < -0.39 is 19.9 Å². The molecule has 0 aliphatic heterocycles. The highest BCUT2D eigenvalue weighted by Gasteiger charge is 2.21. The highest BCUT2D eigenvalue weighted by atomic mass is 35.5. The van der Waals surface area contributed by atoms with Gasteiger partial charge in [0, 0.05) is 0 Å². The summed E-state index contributed by atoms with van der Waals surface area (Å²) in [4.78, 5) is 18.8. The SMILES string of the molecule is O=C(SC(=O)C(Cl)Cl)C(Cl)Cl. The first-order chi connectivity index (χ1) is 4.95. The summed E-state index contributed by atoms with van der Waals surface area (Å²) in [5.74, 6) is 0. The predicted molar refractivity (Wildman–Crippen MR) is 48.6 cm³/mol. The van der Waals surface area contributed by atoms with Crippen LogP contribution in [0.5, 0.6) is 0 Å². The molecule has 0 N–H and O–H groups in total. The lowest BCUT2D eigenvalue weighted by Gasteiger charge is -1.98. The normalized spacial score (nSPS) is 10.7. The van der Waals surface area contributed by atoms with Gasteiger partial charge in [-0.3, -0.25) is 9.59 Å². The van der Waals surface area contributed by atoms with Crippen molar-refractivity contribution in [1.29, 1.82) is 0 Å². The van der Waals surface area contributed by atoms with Gasteiger partial charge in [0.1, 0.15) is 0 Å². The van der Waals surface area contributed by atoms with Crippen LogP contribution in [0.2, 0.25) is 0 Å². The van der Waals surface area contributed by atoms with Gasteiger partial charge in [0.25, 0.3) is 0 Å². The van der Waals surface area contributed by atoms with E-state index in [1.807, 2.05) is 0 Å². The number of carbonyl (C=O) groups excluding carboxylic acids is 2. The van der Waals surface area contributed by atoms with Gasteiger partial charge < -0.3 is 0 Å². The lowest BCUT2D eigenvalue weighted by atomic mass is 10.9. The monoisotopic (exact) mass is 254 g/mol. The number of hydrogen-bond acceptors (Lipinski definition) is 3. The number of hydrogen-bond donors (Lipinski definition) is 0. The second-order valence-corrected chi connectivity index (χ2v) is 4.54. The van der Waals surface area contributed by atoms with Crippen LogP contribution in [0.1, 0.15) is 0 Å². The number of halogens is 4. The highest BCUT2D eigenvalue weighted by Crippen LogP contribution is 2.19. The summed E-state index contributed by atoms with van der Waals surface area (Å²) in [5, 5.41) is -1.35. The Hall–Kier alpha value is 0.850. The van der Waals surface area contributed by atoms with Crippen molar-refractivity contribution in [2.75, 3.05) is 0 Å². The van der Waals surface area contributed by atoms with Crippen molar-refractivity contribution in [2.45, 2.75) is 9.67 Å².